The number of hydrogen-bond acceptors (Lipinski definition) is 4. The first kappa shape index (κ1) is 21.1. The number of fused-ring (bicyclic) bond motifs is 1. The Balaban J connectivity index is 1.73. The van der Waals surface area contributed by atoms with Gasteiger partial charge in [-0.3, -0.25) is 4.79 Å². The number of aryl methyl sites for hydroxylation is 1. The lowest BCUT2D eigenvalue weighted by molar-refractivity contribution is -0.132. The van der Waals surface area contributed by atoms with Crippen LogP contribution in [0.25, 0.3) is 10.9 Å². The highest BCUT2D eigenvalue weighted by molar-refractivity contribution is 6.39. The molecule has 8 heteroatoms. The van der Waals surface area contributed by atoms with Crippen LogP contribution >= 0.6 is 23.2 Å². The molecule has 0 aliphatic heterocycles. The number of hydrogen-bond donors (Lipinski definition) is 0. The molecular weight excluding hydrogens is 418 g/mol. The zero-order valence-corrected chi connectivity index (χ0v) is 17.6. The molecule has 0 unspecified atom stereocenters. The molecule has 5 nitrogen and oxygen atoms in total. The van der Waals surface area contributed by atoms with Gasteiger partial charge in [0, 0.05) is 24.7 Å². The number of carbonyl (C=O) groups is 1. The predicted molar refractivity (Wildman–Crippen MR) is 111 cm³/mol. The Hall–Kier alpha value is -2.57. The second kappa shape index (κ2) is 8.84. The topological polar surface area (TPSA) is 51.7 Å². The van der Waals surface area contributed by atoms with E-state index in [9.17, 15) is 9.18 Å². The summed E-state index contributed by atoms with van der Waals surface area (Å²) in [6.45, 7) is 1.81. The largest absolute Gasteiger partial charge is 0.494 e. The third-order valence-corrected chi connectivity index (χ3v) is 4.97. The average Bonchev–Trinajstić information content (AvgIpc) is 2.67. The van der Waals surface area contributed by atoms with Crippen molar-refractivity contribution in [2.75, 3.05) is 20.8 Å². The highest BCUT2D eigenvalue weighted by Crippen LogP contribution is 2.37. The minimum Gasteiger partial charge on any atom is -0.494 e. The maximum atomic E-state index is 13.8. The van der Waals surface area contributed by atoms with Crippen LogP contribution in [0.1, 0.15) is 11.3 Å². The van der Waals surface area contributed by atoms with Crippen molar-refractivity contribution in [3.8, 4) is 11.5 Å². The molecule has 1 amide bonds. The van der Waals surface area contributed by atoms with Crippen LogP contribution in [0.15, 0.2) is 36.4 Å². The van der Waals surface area contributed by atoms with Crippen molar-refractivity contribution in [1.29, 1.82) is 0 Å². The Morgan fingerprint density at radius 1 is 1.17 bits per heavy atom. The van der Waals surface area contributed by atoms with Gasteiger partial charge in [0.15, 0.2) is 23.9 Å². The third kappa shape index (κ3) is 4.71. The van der Waals surface area contributed by atoms with Crippen molar-refractivity contribution in [2.45, 2.75) is 13.5 Å². The lowest BCUT2D eigenvalue weighted by Gasteiger charge is -2.19. The summed E-state index contributed by atoms with van der Waals surface area (Å²) in [6.07, 6.45) is 0. The zero-order chi connectivity index (χ0) is 21.1. The summed E-state index contributed by atoms with van der Waals surface area (Å²) in [5.74, 6) is -0.332. The number of benzene rings is 2. The molecule has 3 aromatic rings. The van der Waals surface area contributed by atoms with Crippen molar-refractivity contribution in [1.82, 2.24) is 9.88 Å². The molecule has 1 aromatic heterocycles. The SMILES string of the molecule is COc1ccc(CN(C)C(=O)COc2c(Cl)cc(Cl)c3ccc(C)nc23)cc1F. The van der Waals surface area contributed by atoms with Crippen molar-refractivity contribution < 1.29 is 18.7 Å². The van der Waals surface area contributed by atoms with Crippen LogP contribution in [0.2, 0.25) is 10.0 Å². The molecule has 3 rings (SSSR count). The first-order chi connectivity index (χ1) is 13.8. The summed E-state index contributed by atoms with van der Waals surface area (Å²) < 4.78 is 24.4. The van der Waals surface area contributed by atoms with Crippen LogP contribution in [0.5, 0.6) is 11.5 Å². The van der Waals surface area contributed by atoms with Gasteiger partial charge in [0.25, 0.3) is 5.91 Å². The monoisotopic (exact) mass is 436 g/mol. The first-order valence-electron chi connectivity index (χ1n) is 8.74. The quantitative estimate of drug-likeness (QED) is 0.543. The summed E-state index contributed by atoms with van der Waals surface area (Å²) in [6, 6.07) is 9.77. The molecule has 0 spiro atoms. The number of pyridine rings is 1. The summed E-state index contributed by atoms with van der Waals surface area (Å²) in [7, 11) is 3.00. The number of halogens is 3. The smallest absolute Gasteiger partial charge is 0.260 e. The second-order valence-electron chi connectivity index (χ2n) is 6.53. The van der Waals surface area contributed by atoms with Crippen LogP contribution in [-0.4, -0.2) is 36.6 Å². The lowest BCUT2D eigenvalue weighted by atomic mass is 10.2. The maximum absolute atomic E-state index is 13.8. The zero-order valence-electron chi connectivity index (χ0n) is 16.1. The van der Waals surface area contributed by atoms with E-state index in [1.165, 1.54) is 24.1 Å². The van der Waals surface area contributed by atoms with E-state index in [0.29, 0.717) is 27.2 Å². The molecule has 0 atom stereocenters. The van der Waals surface area contributed by atoms with Crippen LogP contribution in [0.4, 0.5) is 4.39 Å². The van der Waals surface area contributed by atoms with Crippen molar-refractivity contribution in [2.24, 2.45) is 0 Å². The van der Waals surface area contributed by atoms with E-state index in [-0.39, 0.29) is 29.8 Å². The molecule has 0 saturated carbocycles. The number of aromatic nitrogens is 1. The van der Waals surface area contributed by atoms with Gasteiger partial charge in [-0.15, -0.1) is 0 Å². The van der Waals surface area contributed by atoms with Gasteiger partial charge in [-0.05, 0) is 42.8 Å². The highest BCUT2D eigenvalue weighted by atomic mass is 35.5. The molecular formula is C21H19Cl2FN2O3. The van der Waals surface area contributed by atoms with E-state index in [4.69, 9.17) is 32.7 Å². The van der Waals surface area contributed by atoms with Crippen molar-refractivity contribution in [3.05, 3.63) is 63.5 Å². The molecule has 152 valence electrons. The van der Waals surface area contributed by atoms with Gasteiger partial charge in [-0.1, -0.05) is 29.3 Å². The van der Waals surface area contributed by atoms with Gasteiger partial charge in [0.05, 0.1) is 17.2 Å². The number of amides is 1. The fourth-order valence-electron chi connectivity index (χ4n) is 2.84. The average molecular weight is 437 g/mol. The molecule has 0 fully saturated rings. The lowest BCUT2D eigenvalue weighted by Crippen LogP contribution is -2.31. The van der Waals surface area contributed by atoms with E-state index < -0.39 is 5.82 Å². The normalized spacial score (nSPS) is 10.8. The van der Waals surface area contributed by atoms with E-state index in [1.807, 2.05) is 19.1 Å². The van der Waals surface area contributed by atoms with Crippen molar-refractivity contribution >= 4 is 40.0 Å². The Morgan fingerprint density at radius 3 is 2.62 bits per heavy atom. The molecule has 0 saturated heterocycles. The van der Waals surface area contributed by atoms with Crippen LogP contribution < -0.4 is 9.47 Å². The fourth-order valence-corrected chi connectivity index (χ4v) is 3.41. The number of ether oxygens (including phenoxy) is 2. The first-order valence-corrected chi connectivity index (χ1v) is 9.50. The molecule has 1 heterocycles. The minimum atomic E-state index is -0.483. The summed E-state index contributed by atoms with van der Waals surface area (Å²) in [5.41, 5.74) is 1.90. The Bertz CT molecular complexity index is 1080. The van der Waals surface area contributed by atoms with Gasteiger partial charge < -0.3 is 14.4 Å². The molecule has 0 bridgehead atoms. The van der Waals surface area contributed by atoms with E-state index in [0.717, 1.165) is 5.69 Å². The second-order valence-corrected chi connectivity index (χ2v) is 7.34. The van der Waals surface area contributed by atoms with E-state index in [1.54, 1.807) is 19.2 Å². The van der Waals surface area contributed by atoms with E-state index in [2.05, 4.69) is 4.98 Å². The Kier molecular flexibility index (Phi) is 6.45. The molecule has 0 N–H and O–H groups in total. The van der Waals surface area contributed by atoms with Crippen LogP contribution in [-0.2, 0) is 11.3 Å². The van der Waals surface area contributed by atoms with E-state index >= 15 is 0 Å². The number of likely N-dealkylation sites (N-methyl/N-ethyl adjacent to an activating group) is 1. The Morgan fingerprint density at radius 2 is 1.93 bits per heavy atom. The number of rotatable bonds is 6. The molecule has 0 radical (unpaired) electrons. The summed E-state index contributed by atoms with van der Waals surface area (Å²) in [5, 5.41) is 1.41. The van der Waals surface area contributed by atoms with Gasteiger partial charge >= 0.3 is 0 Å². The highest BCUT2D eigenvalue weighted by Gasteiger charge is 2.17. The predicted octanol–water partition coefficient (Wildman–Crippen LogP) is 5.04. The van der Waals surface area contributed by atoms with Crippen molar-refractivity contribution in [3.63, 3.8) is 0 Å². The molecule has 0 aliphatic rings. The molecule has 0 aliphatic carbocycles. The number of methoxy groups -OCH3 is 1. The number of nitrogens with zero attached hydrogens (tertiary/aromatic N) is 2. The summed E-state index contributed by atoms with van der Waals surface area (Å²) in [4.78, 5) is 18.4. The van der Waals surface area contributed by atoms with Crippen LogP contribution in [0.3, 0.4) is 0 Å². The molecule has 2 aromatic carbocycles. The summed E-state index contributed by atoms with van der Waals surface area (Å²) >= 11 is 12.5. The van der Waals surface area contributed by atoms with Gasteiger partial charge in [-0.2, -0.15) is 0 Å². The fraction of sp³-hybridized carbons (Fsp3) is 0.238. The Labute approximate surface area is 177 Å². The standard InChI is InChI=1S/C21H19Cl2FN2O3/c1-12-4-6-14-15(22)9-16(23)21(20(14)25-12)29-11-19(27)26(2)10-13-5-7-18(28-3)17(24)8-13/h4-9H,10-11H2,1-3H3. The molecule has 29 heavy (non-hydrogen) atoms. The van der Waals surface area contributed by atoms with Crippen LogP contribution in [0, 0.1) is 12.7 Å². The van der Waals surface area contributed by atoms with Gasteiger partial charge in [-0.25, -0.2) is 9.37 Å². The third-order valence-electron chi connectivity index (χ3n) is 4.38. The van der Waals surface area contributed by atoms with Gasteiger partial charge in [0.2, 0.25) is 0 Å². The number of carbonyl (C=O) groups excluding carboxylic acids is 1. The van der Waals surface area contributed by atoms with Gasteiger partial charge in [0.1, 0.15) is 5.52 Å². The minimum absolute atomic E-state index is 0.151. The maximum Gasteiger partial charge on any atom is 0.260 e.